The maximum Gasteiger partial charge on any atom is 0.122 e. The Labute approximate surface area is 110 Å². The summed E-state index contributed by atoms with van der Waals surface area (Å²) >= 11 is 0. The number of allylic oxidation sites excluding steroid dienone is 1. The third kappa shape index (κ3) is 5.34. The zero-order valence-electron chi connectivity index (χ0n) is 11.4. The molecule has 3 nitrogen and oxygen atoms in total. The number of aryl methyl sites for hydroxylation is 1. The fourth-order valence-electron chi connectivity index (χ4n) is 1.70. The number of methoxy groups -OCH3 is 1. The van der Waals surface area contributed by atoms with Gasteiger partial charge in [0.2, 0.25) is 0 Å². The first-order valence-corrected chi connectivity index (χ1v) is 6.30. The van der Waals surface area contributed by atoms with Gasteiger partial charge in [-0.05, 0) is 25.0 Å². The Morgan fingerprint density at radius 3 is 2.78 bits per heavy atom. The first-order valence-electron chi connectivity index (χ1n) is 6.30. The molecule has 0 heterocycles. The Balaban J connectivity index is 2.38. The zero-order valence-corrected chi connectivity index (χ0v) is 11.4. The van der Waals surface area contributed by atoms with Crippen LogP contribution in [0.5, 0.6) is 5.75 Å². The Morgan fingerprint density at radius 2 is 2.06 bits per heavy atom. The summed E-state index contributed by atoms with van der Waals surface area (Å²) < 4.78 is 10.7. The van der Waals surface area contributed by atoms with Gasteiger partial charge in [-0.1, -0.05) is 23.8 Å². The van der Waals surface area contributed by atoms with Crippen molar-refractivity contribution in [1.82, 2.24) is 5.32 Å². The van der Waals surface area contributed by atoms with E-state index in [1.54, 1.807) is 7.11 Å². The van der Waals surface area contributed by atoms with Crippen LogP contribution in [0.3, 0.4) is 0 Å². The molecule has 0 aliphatic heterocycles. The van der Waals surface area contributed by atoms with Crippen molar-refractivity contribution in [3.63, 3.8) is 0 Å². The highest BCUT2D eigenvalue weighted by molar-refractivity contribution is 5.38. The van der Waals surface area contributed by atoms with Crippen LogP contribution in [0.4, 0.5) is 0 Å². The van der Waals surface area contributed by atoms with Crippen LogP contribution < -0.4 is 10.1 Å². The molecule has 1 N–H and O–H groups in total. The molecule has 100 valence electrons. The molecule has 0 aliphatic carbocycles. The lowest BCUT2D eigenvalue weighted by atomic mass is 10.1. The highest BCUT2D eigenvalue weighted by Crippen LogP contribution is 2.20. The second-order valence-corrected chi connectivity index (χ2v) is 4.20. The molecule has 0 saturated heterocycles. The summed E-state index contributed by atoms with van der Waals surface area (Å²) in [4.78, 5) is 0. The molecule has 0 saturated carbocycles. The Kier molecular flexibility index (Phi) is 7.14. The van der Waals surface area contributed by atoms with Crippen molar-refractivity contribution < 1.29 is 9.47 Å². The molecule has 0 aromatic heterocycles. The summed E-state index contributed by atoms with van der Waals surface area (Å²) in [5, 5.41) is 3.25. The maximum absolute atomic E-state index is 5.77. The number of rotatable bonds is 9. The van der Waals surface area contributed by atoms with Gasteiger partial charge in [0.25, 0.3) is 0 Å². The number of nitrogens with one attached hydrogen (secondary N) is 1. The summed E-state index contributed by atoms with van der Waals surface area (Å²) in [6, 6.07) is 6.25. The molecule has 1 rings (SSSR count). The molecule has 0 fully saturated rings. The van der Waals surface area contributed by atoms with Crippen molar-refractivity contribution >= 4 is 0 Å². The minimum atomic E-state index is 0.664. The van der Waals surface area contributed by atoms with Gasteiger partial charge in [0, 0.05) is 20.2 Å². The summed E-state index contributed by atoms with van der Waals surface area (Å²) in [6.07, 6.45) is 2.74. The molecule has 0 aliphatic rings. The van der Waals surface area contributed by atoms with E-state index >= 15 is 0 Å². The lowest BCUT2D eigenvalue weighted by Gasteiger charge is -2.11. The second kappa shape index (κ2) is 8.72. The van der Waals surface area contributed by atoms with Crippen LogP contribution in [-0.4, -0.2) is 33.4 Å². The summed E-state index contributed by atoms with van der Waals surface area (Å²) in [6.45, 7) is 8.93. The van der Waals surface area contributed by atoms with Gasteiger partial charge in [0.15, 0.2) is 0 Å². The van der Waals surface area contributed by atoms with Crippen molar-refractivity contribution in [2.24, 2.45) is 0 Å². The molecule has 0 spiro atoms. The topological polar surface area (TPSA) is 30.5 Å². The minimum absolute atomic E-state index is 0.664. The monoisotopic (exact) mass is 249 g/mol. The van der Waals surface area contributed by atoms with Crippen LogP contribution in [0.15, 0.2) is 30.9 Å². The van der Waals surface area contributed by atoms with Crippen molar-refractivity contribution in [2.75, 3.05) is 33.4 Å². The smallest absolute Gasteiger partial charge is 0.122 e. The van der Waals surface area contributed by atoms with Crippen LogP contribution in [0.2, 0.25) is 0 Å². The Bertz CT molecular complexity index is 364. The van der Waals surface area contributed by atoms with Gasteiger partial charge in [-0.25, -0.2) is 0 Å². The van der Waals surface area contributed by atoms with Gasteiger partial charge in [-0.15, -0.1) is 6.58 Å². The second-order valence-electron chi connectivity index (χ2n) is 4.20. The molecule has 0 radical (unpaired) electrons. The maximum atomic E-state index is 5.77. The van der Waals surface area contributed by atoms with Crippen molar-refractivity contribution in [3.8, 4) is 5.75 Å². The van der Waals surface area contributed by atoms with E-state index in [0.29, 0.717) is 6.61 Å². The summed E-state index contributed by atoms with van der Waals surface area (Å²) in [7, 11) is 1.70. The molecule has 1 aromatic rings. The van der Waals surface area contributed by atoms with Crippen LogP contribution in [-0.2, 0) is 11.2 Å². The van der Waals surface area contributed by atoms with Gasteiger partial charge < -0.3 is 14.8 Å². The molecule has 18 heavy (non-hydrogen) atoms. The largest absolute Gasteiger partial charge is 0.492 e. The Morgan fingerprint density at radius 1 is 1.28 bits per heavy atom. The van der Waals surface area contributed by atoms with Crippen LogP contribution >= 0.6 is 0 Å². The van der Waals surface area contributed by atoms with Gasteiger partial charge in [-0.3, -0.25) is 0 Å². The van der Waals surface area contributed by atoms with Gasteiger partial charge >= 0.3 is 0 Å². The van der Waals surface area contributed by atoms with Crippen molar-refractivity contribution in [2.45, 2.75) is 13.3 Å². The highest BCUT2D eigenvalue weighted by Gasteiger charge is 2.02. The third-order valence-electron chi connectivity index (χ3n) is 2.60. The van der Waals surface area contributed by atoms with Crippen LogP contribution in [0.1, 0.15) is 11.1 Å². The number of ether oxygens (including phenoxy) is 2. The van der Waals surface area contributed by atoms with E-state index in [2.05, 4.69) is 31.0 Å². The van der Waals surface area contributed by atoms with Crippen LogP contribution in [0, 0.1) is 6.92 Å². The molecule has 0 unspecified atom stereocenters. The standard InChI is InChI=1S/C15H23NO2/c1-4-5-14-12-13(2)6-7-15(14)18-11-9-16-8-10-17-3/h4,6-7,12,16H,1,5,8-11H2,2-3H3. The van der Waals surface area contributed by atoms with Crippen molar-refractivity contribution in [1.29, 1.82) is 0 Å². The molecule has 0 bridgehead atoms. The van der Waals surface area contributed by atoms with E-state index in [0.717, 1.165) is 31.9 Å². The lowest BCUT2D eigenvalue weighted by Crippen LogP contribution is -2.24. The average molecular weight is 249 g/mol. The van der Waals surface area contributed by atoms with Crippen molar-refractivity contribution in [3.05, 3.63) is 42.0 Å². The van der Waals surface area contributed by atoms with E-state index in [1.165, 1.54) is 11.1 Å². The van der Waals surface area contributed by atoms with E-state index in [4.69, 9.17) is 9.47 Å². The predicted molar refractivity (Wildman–Crippen MR) is 75.3 cm³/mol. The fourth-order valence-corrected chi connectivity index (χ4v) is 1.70. The molecular formula is C15H23NO2. The number of benzene rings is 1. The third-order valence-corrected chi connectivity index (χ3v) is 2.60. The summed E-state index contributed by atoms with van der Waals surface area (Å²) in [5.41, 5.74) is 2.44. The zero-order chi connectivity index (χ0) is 13.2. The normalized spacial score (nSPS) is 10.3. The average Bonchev–Trinajstić information content (AvgIpc) is 2.36. The van der Waals surface area contributed by atoms with Gasteiger partial charge in [0.1, 0.15) is 12.4 Å². The number of hydrogen-bond acceptors (Lipinski definition) is 3. The van der Waals surface area contributed by atoms with E-state index in [-0.39, 0.29) is 0 Å². The molecule has 0 atom stereocenters. The van der Waals surface area contributed by atoms with Gasteiger partial charge in [-0.2, -0.15) is 0 Å². The molecule has 1 aromatic carbocycles. The molecular weight excluding hydrogens is 226 g/mol. The summed E-state index contributed by atoms with van der Waals surface area (Å²) in [5.74, 6) is 0.953. The SMILES string of the molecule is C=CCc1cc(C)ccc1OCCNCCOC. The highest BCUT2D eigenvalue weighted by atomic mass is 16.5. The quantitative estimate of drug-likeness (QED) is 0.538. The number of hydrogen-bond donors (Lipinski definition) is 1. The first kappa shape index (κ1) is 14.7. The fraction of sp³-hybridized carbons (Fsp3) is 0.467. The minimum Gasteiger partial charge on any atom is -0.492 e. The lowest BCUT2D eigenvalue weighted by molar-refractivity contribution is 0.196. The predicted octanol–water partition coefficient (Wildman–Crippen LogP) is 2.34. The Hall–Kier alpha value is -1.32. The van der Waals surface area contributed by atoms with E-state index in [9.17, 15) is 0 Å². The van der Waals surface area contributed by atoms with E-state index < -0.39 is 0 Å². The molecule has 3 heteroatoms. The first-order chi connectivity index (χ1) is 8.77. The molecule has 0 amide bonds. The van der Waals surface area contributed by atoms with Crippen LogP contribution in [0.25, 0.3) is 0 Å². The van der Waals surface area contributed by atoms with E-state index in [1.807, 2.05) is 12.1 Å². The van der Waals surface area contributed by atoms with Gasteiger partial charge in [0.05, 0.1) is 6.61 Å².